The number of nitrogens with one attached hydrogen (secondary N) is 1. The number of nitrogens with zero attached hydrogens (tertiary/aromatic N) is 2. The van der Waals surface area contributed by atoms with E-state index in [1.165, 1.54) is 17.9 Å². The van der Waals surface area contributed by atoms with Gasteiger partial charge in [-0.05, 0) is 6.42 Å². The highest BCUT2D eigenvalue weighted by Crippen LogP contribution is 2.18. The van der Waals surface area contributed by atoms with Crippen LogP contribution in [0.3, 0.4) is 0 Å². The van der Waals surface area contributed by atoms with Crippen molar-refractivity contribution in [1.29, 1.82) is 0 Å². The van der Waals surface area contributed by atoms with Crippen LogP contribution in [-0.4, -0.2) is 35.5 Å². The molecular weight excluding hydrogens is 276 g/mol. The summed E-state index contributed by atoms with van der Waals surface area (Å²) in [6.07, 6.45) is 0.300. The van der Waals surface area contributed by atoms with E-state index in [9.17, 15) is 8.42 Å². The number of hydrogen-bond acceptors (Lipinski definition) is 5. The maximum absolute atomic E-state index is 12.0. The fourth-order valence-corrected chi connectivity index (χ4v) is 3.31. The van der Waals surface area contributed by atoms with Gasteiger partial charge in [0.1, 0.15) is 5.25 Å². The summed E-state index contributed by atoms with van der Waals surface area (Å²) in [7, 11) is -0.572. The topological polar surface area (TPSA) is 99.2 Å². The van der Waals surface area contributed by atoms with Gasteiger partial charge >= 0.3 is 0 Å². The first kappa shape index (κ1) is 14.7. The van der Waals surface area contributed by atoms with Crippen molar-refractivity contribution in [2.24, 2.45) is 12.8 Å². The second-order valence-electron chi connectivity index (χ2n) is 3.64. The summed E-state index contributed by atoms with van der Waals surface area (Å²) in [5, 5.41) is 3.04. The van der Waals surface area contributed by atoms with Crippen LogP contribution in [0.1, 0.15) is 13.3 Å². The Hall–Kier alpha value is -1.35. The van der Waals surface area contributed by atoms with E-state index in [-0.39, 0.29) is 10.8 Å². The van der Waals surface area contributed by atoms with Gasteiger partial charge in [0.25, 0.3) is 0 Å². The van der Waals surface area contributed by atoms with E-state index in [1.807, 2.05) is 0 Å². The number of aromatic nitrogens is 2. The van der Waals surface area contributed by atoms with Crippen LogP contribution in [0.15, 0.2) is 6.07 Å². The molecule has 0 aromatic carbocycles. The van der Waals surface area contributed by atoms with E-state index in [1.54, 1.807) is 14.0 Å². The molecule has 0 aliphatic heterocycles. The van der Waals surface area contributed by atoms with E-state index < -0.39 is 15.3 Å². The zero-order valence-corrected chi connectivity index (χ0v) is 12.0. The Bertz CT molecular complexity index is 538. The minimum Gasteiger partial charge on any atom is -0.481 e. The molecular formula is C9H16N4O3S2. The van der Waals surface area contributed by atoms with Gasteiger partial charge in [-0.3, -0.25) is 4.72 Å². The van der Waals surface area contributed by atoms with Crippen LogP contribution >= 0.6 is 12.2 Å². The fourth-order valence-electron chi connectivity index (χ4n) is 1.48. The van der Waals surface area contributed by atoms with Crippen molar-refractivity contribution in [3.05, 3.63) is 6.07 Å². The number of rotatable bonds is 6. The van der Waals surface area contributed by atoms with Gasteiger partial charge in [-0.1, -0.05) is 19.1 Å². The van der Waals surface area contributed by atoms with E-state index in [0.29, 0.717) is 12.3 Å². The molecule has 1 unspecified atom stereocenters. The Balaban J connectivity index is 2.98. The number of aryl methyl sites for hydroxylation is 1. The van der Waals surface area contributed by atoms with Crippen LogP contribution in [0.4, 0.5) is 5.82 Å². The van der Waals surface area contributed by atoms with Gasteiger partial charge in [0.2, 0.25) is 15.9 Å². The Morgan fingerprint density at radius 3 is 2.72 bits per heavy atom. The molecule has 1 heterocycles. The molecule has 9 heteroatoms. The molecule has 1 rings (SSSR count). The average Bonchev–Trinajstić information content (AvgIpc) is 2.57. The second-order valence-corrected chi connectivity index (χ2v) is 5.98. The van der Waals surface area contributed by atoms with Gasteiger partial charge in [-0.25, -0.2) is 13.1 Å². The summed E-state index contributed by atoms with van der Waals surface area (Å²) >= 11 is 4.74. The summed E-state index contributed by atoms with van der Waals surface area (Å²) in [5.41, 5.74) is 5.41. The van der Waals surface area contributed by atoms with Crippen LogP contribution in [0, 0.1) is 0 Å². The number of anilines is 1. The first-order chi connectivity index (χ1) is 8.31. The minimum absolute atomic E-state index is 0.0621. The van der Waals surface area contributed by atoms with Gasteiger partial charge in [0.15, 0.2) is 5.82 Å². The second kappa shape index (κ2) is 5.53. The average molecular weight is 292 g/mol. The van der Waals surface area contributed by atoms with Crippen molar-refractivity contribution in [2.75, 3.05) is 11.8 Å². The van der Waals surface area contributed by atoms with Crippen molar-refractivity contribution in [3.63, 3.8) is 0 Å². The molecule has 7 nitrogen and oxygen atoms in total. The van der Waals surface area contributed by atoms with E-state index in [4.69, 9.17) is 22.7 Å². The number of thiocarbonyl (C=S) groups is 1. The first-order valence-electron chi connectivity index (χ1n) is 5.20. The number of hydrogen-bond donors (Lipinski definition) is 2. The molecule has 0 spiro atoms. The normalized spacial score (nSPS) is 13.1. The maximum atomic E-state index is 12.0. The van der Waals surface area contributed by atoms with Crippen LogP contribution in [0.25, 0.3) is 0 Å². The molecule has 0 aliphatic carbocycles. The van der Waals surface area contributed by atoms with E-state index in [0.717, 1.165) is 0 Å². The molecule has 0 saturated heterocycles. The Morgan fingerprint density at radius 2 is 2.33 bits per heavy atom. The van der Waals surface area contributed by atoms with Crippen molar-refractivity contribution in [3.8, 4) is 5.88 Å². The Kier molecular flexibility index (Phi) is 4.52. The number of nitrogens with two attached hydrogens (primary N) is 1. The van der Waals surface area contributed by atoms with Crippen molar-refractivity contribution in [2.45, 2.75) is 18.6 Å². The molecule has 1 atom stereocenters. The van der Waals surface area contributed by atoms with Crippen molar-refractivity contribution >= 4 is 33.0 Å². The van der Waals surface area contributed by atoms with Crippen LogP contribution in [0.2, 0.25) is 0 Å². The quantitative estimate of drug-likeness (QED) is 0.728. The molecule has 18 heavy (non-hydrogen) atoms. The highest BCUT2D eigenvalue weighted by Gasteiger charge is 2.27. The van der Waals surface area contributed by atoms with Gasteiger partial charge in [-0.2, -0.15) is 5.10 Å². The summed E-state index contributed by atoms with van der Waals surface area (Å²) in [6.45, 7) is 1.70. The van der Waals surface area contributed by atoms with E-state index in [2.05, 4.69) is 9.82 Å². The molecule has 0 radical (unpaired) electrons. The lowest BCUT2D eigenvalue weighted by molar-refractivity contribution is 0.373. The number of ether oxygens (including phenoxy) is 1. The van der Waals surface area contributed by atoms with E-state index >= 15 is 0 Å². The highest BCUT2D eigenvalue weighted by molar-refractivity contribution is 7.95. The lowest BCUT2D eigenvalue weighted by Gasteiger charge is -2.14. The monoisotopic (exact) mass is 292 g/mol. The fraction of sp³-hybridized carbons (Fsp3) is 0.556. The Labute approximate surface area is 111 Å². The van der Waals surface area contributed by atoms with Crippen molar-refractivity contribution in [1.82, 2.24) is 9.78 Å². The molecule has 0 fully saturated rings. The summed E-state index contributed by atoms with van der Waals surface area (Å²) in [5.74, 6) is 0.611. The third kappa shape index (κ3) is 3.10. The zero-order chi connectivity index (χ0) is 13.9. The zero-order valence-electron chi connectivity index (χ0n) is 10.4. The molecule has 0 saturated carbocycles. The smallest absolute Gasteiger partial charge is 0.243 e. The lowest BCUT2D eigenvalue weighted by Crippen LogP contribution is -2.37. The summed E-state index contributed by atoms with van der Waals surface area (Å²) < 4.78 is 32.8. The molecule has 0 amide bonds. The van der Waals surface area contributed by atoms with Crippen LogP contribution < -0.4 is 15.2 Å². The molecule has 3 N–H and O–H groups in total. The number of methoxy groups -OCH3 is 1. The molecule has 1 aromatic heterocycles. The van der Waals surface area contributed by atoms with Crippen LogP contribution in [0.5, 0.6) is 5.88 Å². The molecule has 0 aliphatic rings. The summed E-state index contributed by atoms with van der Waals surface area (Å²) in [4.78, 5) is -0.0621. The van der Waals surface area contributed by atoms with Gasteiger partial charge < -0.3 is 10.5 Å². The van der Waals surface area contributed by atoms with Gasteiger partial charge in [-0.15, -0.1) is 0 Å². The molecule has 0 bridgehead atoms. The van der Waals surface area contributed by atoms with Crippen LogP contribution in [-0.2, 0) is 17.1 Å². The van der Waals surface area contributed by atoms with Crippen molar-refractivity contribution < 1.29 is 13.2 Å². The predicted octanol–water partition coefficient (Wildman–Crippen LogP) is 0.235. The molecule has 102 valence electrons. The first-order valence-corrected chi connectivity index (χ1v) is 7.16. The minimum atomic E-state index is -3.68. The van der Waals surface area contributed by atoms with Gasteiger partial charge in [0.05, 0.1) is 12.1 Å². The predicted molar refractivity (Wildman–Crippen MR) is 73.2 cm³/mol. The standard InChI is InChI=1S/C9H16N4O3S2/c1-4-6(9(10)17)18(14,15)12-7-5-8(16-3)13(2)11-7/h5-6H,4H2,1-3H3,(H2,10,17)(H,11,12). The highest BCUT2D eigenvalue weighted by atomic mass is 32.2. The van der Waals surface area contributed by atoms with Gasteiger partial charge in [0, 0.05) is 13.1 Å². The third-order valence-electron chi connectivity index (χ3n) is 2.36. The largest absolute Gasteiger partial charge is 0.481 e. The number of sulfonamides is 1. The summed E-state index contributed by atoms with van der Waals surface area (Å²) in [6, 6.07) is 1.48. The molecule has 1 aromatic rings. The third-order valence-corrected chi connectivity index (χ3v) is 4.62. The lowest BCUT2D eigenvalue weighted by atomic mass is 10.3. The Morgan fingerprint density at radius 1 is 1.72 bits per heavy atom. The maximum Gasteiger partial charge on any atom is 0.243 e. The SMILES string of the molecule is CCC(C(N)=S)S(=O)(=O)Nc1cc(OC)n(C)n1.